The normalized spacial score (nSPS) is 14.6. The van der Waals surface area contributed by atoms with Crippen molar-refractivity contribution in [1.29, 1.82) is 0 Å². The number of ether oxygens (including phenoxy) is 2. The number of aromatic nitrogens is 3. The second-order valence-corrected chi connectivity index (χ2v) is 6.22. The van der Waals surface area contributed by atoms with Crippen LogP contribution in [0.1, 0.15) is 35.8 Å². The number of carbonyl (C=O) groups excluding carboxylic acids is 2. The van der Waals surface area contributed by atoms with Crippen molar-refractivity contribution in [2.24, 2.45) is 0 Å². The molecule has 0 atom stereocenters. The van der Waals surface area contributed by atoms with Crippen molar-refractivity contribution in [3.8, 4) is 5.75 Å². The van der Waals surface area contributed by atoms with E-state index >= 15 is 0 Å². The summed E-state index contributed by atoms with van der Waals surface area (Å²) in [5, 5.41) is 14.2. The smallest absolute Gasteiger partial charge is 0.308 e. The molecule has 0 spiro atoms. The second kappa shape index (κ2) is 9.13. The number of nitrogens with zero attached hydrogens (tertiary/aromatic N) is 3. The molecule has 9 heteroatoms. The van der Waals surface area contributed by atoms with Crippen LogP contribution in [0.5, 0.6) is 5.75 Å². The zero-order chi connectivity index (χ0) is 19.1. The molecule has 1 aliphatic heterocycles. The lowest BCUT2D eigenvalue weighted by atomic mass is 10.1. The fourth-order valence-corrected chi connectivity index (χ4v) is 2.81. The van der Waals surface area contributed by atoms with Gasteiger partial charge in [0.2, 0.25) is 0 Å². The minimum absolute atomic E-state index is 0.182. The Morgan fingerprint density at radius 2 is 2.00 bits per heavy atom. The minimum Gasteiger partial charge on any atom is -0.493 e. The highest BCUT2D eigenvalue weighted by atomic mass is 16.5. The summed E-state index contributed by atoms with van der Waals surface area (Å²) in [5.74, 6) is -0.0280. The van der Waals surface area contributed by atoms with Gasteiger partial charge in [-0.25, -0.2) is 4.68 Å². The van der Waals surface area contributed by atoms with Crippen LogP contribution in [-0.2, 0) is 9.53 Å². The summed E-state index contributed by atoms with van der Waals surface area (Å²) in [5.41, 5.74) is 0.906. The van der Waals surface area contributed by atoms with E-state index in [9.17, 15) is 9.59 Å². The van der Waals surface area contributed by atoms with Crippen LogP contribution in [0.25, 0.3) is 0 Å². The molecule has 1 fully saturated rings. The monoisotopic (exact) mass is 373 g/mol. The number of nitrogens with one attached hydrogen (secondary N) is 2. The minimum atomic E-state index is -0.323. The molecule has 2 aromatic rings. The SMILES string of the molecule is COC(=O)CCOc1ccc(NC(=O)c2cn(C3CCNCC3)nn2)cc1. The Morgan fingerprint density at radius 3 is 2.70 bits per heavy atom. The highest BCUT2D eigenvalue weighted by Crippen LogP contribution is 2.19. The van der Waals surface area contributed by atoms with Crippen LogP contribution >= 0.6 is 0 Å². The van der Waals surface area contributed by atoms with E-state index in [1.165, 1.54) is 7.11 Å². The molecule has 1 aliphatic rings. The highest BCUT2D eigenvalue weighted by Gasteiger charge is 2.18. The van der Waals surface area contributed by atoms with Crippen LogP contribution in [0.15, 0.2) is 30.5 Å². The number of methoxy groups -OCH3 is 1. The number of hydrogen-bond acceptors (Lipinski definition) is 7. The summed E-state index contributed by atoms with van der Waals surface area (Å²) < 4.78 is 11.8. The third-order valence-electron chi connectivity index (χ3n) is 4.34. The van der Waals surface area contributed by atoms with E-state index < -0.39 is 0 Å². The Hall–Kier alpha value is -2.94. The summed E-state index contributed by atoms with van der Waals surface area (Å²) in [7, 11) is 1.34. The number of hydrogen-bond donors (Lipinski definition) is 2. The molecule has 144 valence electrons. The highest BCUT2D eigenvalue weighted by molar-refractivity contribution is 6.02. The summed E-state index contributed by atoms with van der Waals surface area (Å²) in [4.78, 5) is 23.4. The first-order chi connectivity index (χ1) is 13.2. The molecule has 2 N–H and O–H groups in total. The summed E-state index contributed by atoms with van der Waals surface area (Å²) in [6, 6.07) is 7.17. The molecule has 27 heavy (non-hydrogen) atoms. The van der Waals surface area contributed by atoms with Crippen LogP contribution in [-0.4, -0.2) is 53.7 Å². The van der Waals surface area contributed by atoms with Gasteiger partial charge >= 0.3 is 5.97 Å². The standard InChI is InChI=1S/C18H23N5O4/c1-26-17(24)8-11-27-15-4-2-13(3-5-15)20-18(25)16-12-23(22-21-16)14-6-9-19-10-7-14/h2-5,12,14,19H,6-11H2,1H3,(H,20,25). The Labute approximate surface area is 157 Å². The zero-order valence-corrected chi connectivity index (χ0v) is 15.2. The maximum absolute atomic E-state index is 12.4. The van der Waals surface area contributed by atoms with E-state index in [1.807, 2.05) is 0 Å². The van der Waals surface area contributed by atoms with Gasteiger partial charge in [0, 0.05) is 5.69 Å². The molecule has 1 saturated heterocycles. The Morgan fingerprint density at radius 1 is 1.26 bits per heavy atom. The van der Waals surface area contributed by atoms with Crippen molar-refractivity contribution >= 4 is 17.6 Å². The number of esters is 1. The number of piperidine rings is 1. The molecule has 0 radical (unpaired) electrons. The van der Waals surface area contributed by atoms with Crippen LogP contribution < -0.4 is 15.4 Å². The number of benzene rings is 1. The number of anilines is 1. The van der Waals surface area contributed by atoms with Crippen LogP contribution in [0.3, 0.4) is 0 Å². The molecular formula is C18H23N5O4. The Balaban J connectivity index is 1.51. The first-order valence-corrected chi connectivity index (χ1v) is 8.89. The van der Waals surface area contributed by atoms with E-state index in [1.54, 1.807) is 35.1 Å². The number of amides is 1. The van der Waals surface area contributed by atoms with Crippen molar-refractivity contribution < 1.29 is 19.1 Å². The topological polar surface area (TPSA) is 107 Å². The molecule has 0 unspecified atom stereocenters. The van der Waals surface area contributed by atoms with E-state index in [0.717, 1.165) is 25.9 Å². The number of rotatable bonds is 7. The van der Waals surface area contributed by atoms with Crippen LogP contribution in [0.4, 0.5) is 5.69 Å². The van der Waals surface area contributed by atoms with Crippen molar-refractivity contribution in [3.05, 3.63) is 36.2 Å². The zero-order valence-electron chi connectivity index (χ0n) is 15.2. The quantitative estimate of drug-likeness (QED) is 0.706. The van der Waals surface area contributed by atoms with Gasteiger partial charge in [-0.3, -0.25) is 9.59 Å². The van der Waals surface area contributed by atoms with Crippen molar-refractivity contribution in [2.75, 3.05) is 32.1 Å². The van der Waals surface area contributed by atoms with Gasteiger partial charge in [0.25, 0.3) is 5.91 Å². The van der Waals surface area contributed by atoms with E-state index in [0.29, 0.717) is 11.4 Å². The molecular weight excluding hydrogens is 350 g/mol. The van der Waals surface area contributed by atoms with Gasteiger partial charge in [-0.1, -0.05) is 5.21 Å². The van der Waals surface area contributed by atoms with Gasteiger partial charge in [0.15, 0.2) is 5.69 Å². The van der Waals surface area contributed by atoms with Gasteiger partial charge in [-0.2, -0.15) is 0 Å². The van der Waals surface area contributed by atoms with Gasteiger partial charge in [-0.15, -0.1) is 5.10 Å². The first-order valence-electron chi connectivity index (χ1n) is 8.89. The molecule has 1 amide bonds. The lowest BCUT2D eigenvalue weighted by molar-refractivity contribution is -0.141. The van der Waals surface area contributed by atoms with Crippen molar-refractivity contribution in [3.63, 3.8) is 0 Å². The predicted octanol–water partition coefficient (Wildman–Crippen LogP) is 1.40. The van der Waals surface area contributed by atoms with E-state index in [-0.39, 0.29) is 36.6 Å². The largest absolute Gasteiger partial charge is 0.493 e. The third-order valence-corrected chi connectivity index (χ3v) is 4.34. The summed E-state index contributed by atoms with van der Waals surface area (Å²) in [6.07, 6.45) is 3.82. The number of carbonyl (C=O) groups is 2. The molecule has 0 aliphatic carbocycles. The molecule has 2 heterocycles. The molecule has 0 saturated carbocycles. The van der Waals surface area contributed by atoms with Crippen molar-refractivity contribution in [2.45, 2.75) is 25.3 Å². The van der Waals surface area contributed by atoms with Crippen LogP contribution in [0.2, 0.25) is 0 Å². The average molecular weight is 373 g/mol. The summed E-state index contributed by atoms with van der Waals surface area (Å²) in [6.45, 7) is 2.12. The molecule has 3 rings (SSSR count). The lowest BCUT2D eigenvalue weighted by Gasteiger charge is -2.22. The maximum atomic E-state index is 12.4. The molecule has 1 aromatic carbocycles. The van der Waals surface area contributed by atoms with E-state index in [4.69, 9.17) is 4.74 Å². The van der Waals surface area contributed by atoms with Gasteiger partial charge < -0.3 is 20.1 Å². The lowest BCUT2D eigenvalue weighted by Crippen LogP contribution is -2.29. The fraction of sp³-hybridized carbons (Fsp3) is 0.444. The van der Waals surface area contributed by atoms with Crippen LogP contribution in [0, 0.1) is 0 Å². The molecule has 9 nitrogen and oxygen atoms in total. The summed E-state index contributed by atoms with van der Waals surface area (Å²) >= 11 is 0. The maximum Gasteiger partial charge on any atom is 0.308 e. The van der Waals surface area contributed by atoms with Gasteiger partial charge in [-0.05, 0) is 50.2 Å². The van der Waals surface area contributed by atoms with Gasteiger partial charge in [0.1, 0.15) is 5.75 Å². The predicted molar refractivity (Wildman–Crippen MR) is 97.7 cm³/mol. The Kier molecular flexibility index (Phi) is 6.37. The third kappa shape index (κ3) is 5.27. The first kappa shape index (κ1) is 18.8. The van der Waals surface area contributed by atoms with Crippen molar-refractivity contribution in [1.82, 2.24) is 20.3 Å². The molecule has 1 aromatic heterocycles. The van der Waals surface area contributed by atoms with Gasteiger partial charge in [0.05, 0.1) is 32.4 Å². The average Bonchev–Trinajstić information content (AvgIpc) is 3.20. The van der Waals surface area contributed by atoms with E-state index in [2.05, 4.69) is 25.7 Å². The fourth-order valence-electron chi connectivity index (χ4n) is 2.81. The second-order valence-electron chi connectivity index (χ2n) is 6.22. The Bertz CT molecular complexity index is 768. The molecule has 0 bridgehead atoms.